The van der Waals surface area contributed by atoms with Gasteiger partial charge in [0.15, 0.2) is 0 Å². The van der Waals surface area contributed by atoms with Crippen molar-refractivity contribution >= 4 is 28.3 Å². The number of ether oxygens (including phenoxy) is 1. The number of nitrogens with two attached hydrogens (primary N) is 1. The van der Waals surface area contributed by atoms with Crippen molar-refractivity contribution in [2.45, 2.75) is 31.2 Å². The lowest BCUT2D eigenvalue weighted by Gasteiger charge is -2.23. The summed E-state index contributed by atoms with van der Waals surface area (Å²) in [6.45, 7) is 0.473. The Balaban J connectivity index is 2.03. The topological polar surface area (TPSA) is 78.4 Å². The Labute approximate surface area is 119 Å². The van der Waals surface area contributed by atoms with Crippen molar-refractivity contribution in [2.24, 2.45) is 5.73 Å². The molecule has 0 bridgehead atoms. The van der Waals surface area contributed by atoms with Gasteiger partial charge in [-0.25, -0.2) is 0 Å². The van der Waals surface area contributed by atoms with Crippen LogP contribution in [0.1, 0.15) is 25.7 Å². The summed E-state index contributed by atoms with van der Waals surface area (Å²) in [5.74, 6) is 0.665. The lowest BCUT2D eigenvalue weighted by molar-refractivity contribution is -0.385. The van der Waals surface area contributed by atoms with Crippen molar-refractivity contribution in [3.05, 3.63) is 31.9 Å². The fraction of sp³-hybridized carbons (Fsp3) is 0.500. The third-order valence-corrected chi connectivity index (χ3v) is 4.08. The molecule has 1 aliphatic carbocycles. The monoisotopic (exact) mass is 362 g/mol. The molecular weight excluding hydrogens is 347 g/mol. The van der Waals surface area contributed by atoms with Crippen LogP contribution in [0, 0.1) is 13.7 Å². The quantitative estimate of drug-likeness (QED) is 0.508. The van der Waals surface area contributed by atoms with Crippen LogP contribution in [0.5, 0.6) is 5.75 Å². The number of rotatable bonds is 4. The second-order valence-corrected chi connectivity index (χ2v) is 5.89. The average molecular weight is 362 g/mol. The Hall–Kier alpha value is -0.890. The van der Waals surface area contributed by atoms with Crippen molar-refractivity contribution in [2.75, 3.05) is 6.61 Å². The Bertz CT molecular complexity index is 459. The molecule has 98 valence electrons. The summed E-state index contributed by atoms with van der Waals surface area (Å²) in [6, 6.07) is 4.60. The first kappa shape index (κ1) is 13.5. The molecule has 2 rings (SSSR count). The van der Waals surface area contributed by atoms with E-state index in [-0.39, 0.29) is 11.2 Å². The summed E-state index contributed by atoms with van der Waals surface area (Å²) in [4.78, 5) is 10.2. The van der Waals surface area contributed by atoms with E-state index in [2.05, 4.69) is 0 Å². The number of hydrogen-bond donors (Lipinski definition) is 1. The predicted octanol–water partition coefficient (Wildman–Crippen LogP) is 2.85. The van der Waals surface area contributed by atoms with Gasteiger partial charge in [0.2, 0.25) is 0 Å². The smallest absolute Gasteiger partial charge is 0.270 e. The molecule has 0 spiro atoms. The van der Waals surface area contributed by atoms with Crippen molar-refractivity contribution in [3.63, 3.8) is 0 Å². The number of halogens is 1. The van der Waals surface area contributed by atoms with Gasteiger partial charge in [-0.15, -0.1) is 0 Å². The number of non-ortho nitro benzene ring substituents is 1. The van der Waals surface area contributed by atoms with E-state index in [1.165, 1.54) is 12.1 Å². The van der Waals surface area contributed by atoms with Crippen molar-refractivity contribution < 1.29 is 9.66 Å². The van der Waals surface area contributed by atoms with Gasteiger partial charge in [-0.05, 0) is 41.5 Å². The Morgan fingerprint density at radius 1 is 1.44 bits per heavy atom. The van der Waals surface area contributed by atoms with E-state index >= 15 is 0 Å². The first-order valence-corrected chi connectivity index (χ1v) is 6.94. The summed E-state index contributed by atoms with van der Waals surface area (Å²) in [7, 11) is 0. The average Bonchev–Trinajstić information content (AvgIpc) is 2.75. The largest absolute Gasteiger partial charge is 0.491 e. The summed E-state index contributed by atoms with van der Waals surface area (Å²) in [5.41, 5.74) is 6.05. The molecule has 1 saturated carbocycles. The predicted molar refractivity (Wildman–Crippen MR) is 76.7 cm³/mol. The Morgan fingerprint density at radius 3 is 2.67 bits per heavy atom. The van der Waals surface area contributed by atoms with Gasteiger partial charge < -0.3 is 10.5 Å². The highest BCUT2D eigenvalue weighted by Crippen LogP contribution is 2.30. The van der Waals surface area contributed by atoms with Gasteiger partial charge in [-0.3, -0.25) is 10.1 Å². The van der Waals surface area contributed by atoms with Crippen LogP contribution in [-0.2, 0) is 0 Å². The lowest BCUT2D eigenvalue weighted by Crippen LogP contribution is -2.42. The number of hydrogen-bond acceptors (Lipinski definition) is 4. The molecule has 5 nitrogen and oxygen atoms in total. The third kappa shape index (κ3) is 3.11. The molecular formula is C12H15IN2O3. The first-order chi connectivity index (χ1) is 8.50. The van der Waals surface area contributed by atoms with Gasteiger partial charge in [0.25, 0.3) is 5.69 Å². The molecule has 1 aromatic rings. The Morgan fingerprint density at radius 2 is 2.11 bits per heavy atom. The number of nitro groups is 1. The highest BCUT2D eigenvalue weighted by atomic mass is 127. The lowest BCUT2D eigenvalue weighted by atomic mass is 10.0. The van der Waals surface area contributed by atoms with Crippen LogP contribution in [0.4, 0.5) is 5.69 Å². The molecule has 1 aromatic carbocycles. The van der Waals surface area contributed by atoms with Gasteiger partial charge >= 0.3 is 0 Å². The van der Waals surface area contributed by atoms with E-state index in [0.29, 0.717) is 12.4 Å². The maximum atomic E-state index is 10.6. The number of nitrogens with zero attached hydrogens (tertiary/aromatic N) is 1. The standard InChI is InChI=1S/C12H15IN2O3/c13-10-7-9(15(16)17)3-4-11(10)18-8-12(14)5-1-2-6-12/h3-4,7H,1-2,5-6,8,14H2. The summed E-state index contributed by atoms with van der Waals surface area (Å²) in [5, 5.41) is 10.6. The molecule has 0 radical (unpaired) electrons. The molecule has 0 aromatic heterocycles. The van der Waals surface area contributed by atoms with Crippen LogP contribution < -0.4 is 10.5 Å². The maximum Gasteiger partial charge on any atom is 0.270 e. The van der Waals surface area contributed by atoms with Crippen molar-refractivity contribution in [3.8, 4) is 5.75 Å². The fourth-order valence-electron chi connectivity index (χ4n) is 2.17. The van der Waals surface area contributed by atoms with Crippen LogP contribution in [0.2, 0.25) is 0 Å². The minimum absolute atomic E-state index is 0.0788. The second kappa shape index (κ2) is 5.40. The summed E-state index contributed by atoms with van der Waals surface area (Å²) < 4.78 is 6.44. The van der Waals surface area contributed by atoms with Gasteiger partial charge in [0.1, 0.15) is 12.4 Å². The molecule has 0 heterocycles. The normalized spacial score (nSPS) is 17.7. The molecule has 18 heavy (non-hydrogen) atoms. The van der Waals surface area contributed by atoms with Crippen LogP contribution in [0.3, 0.4) is 0 Å². The molecule has 0 unspecified atom stereocenters. The van der Waals surface area contributed by atoms with E-state index in [1.807, 2.05) is 22.6 Å². The minimum Gasteiger partial charge on any atom is -0.491 e. The van der Waals surface area contributed by atoms with Crippen LogP contribution in [-0.4, -0.2) is 17.1 Å². The van der Waals surface area contributed by atoms with E-state index in [1.54, 1.807) is 6.07 Å². The number of nitro benzene ring substituents is 1. The summed E-state index contributed by atoms with van der Waals surface area (Å²) >= 11 is 2.04. The molecule has 0 saturated heterocycles. The number of benzene rings is 1. The van der Waals surface area contributed by atoms with Crippen molar-refractivity contribution in [1.29, 1.82) is 0 Å². The zero-order chi connectivity index (χ0) is 13.2. The molecule has 1 fully saturated rings. The molecule has 0 atom stereocenters. The van der Waals surface area contributed by atoms with E-state index in [0.717, 1.165) is 29.3 Å². The molecule has 2 N–H and O–H groups in total. The molecule has 6 heteroatoms. The van der Waals surface area contributed by atoms with Crippen LogP contribution in [0.25, 0.3) is 0 Å². The van der Waals surface area contributed by atoms with Gasteiger partial charge in [0, 0.05) is 12.1 Å². The zero-order valence-electron chi connectivity index (χ0n) is 9.89. The summed E-state index contributed by atoms with van der Waals surface area (Å²) in [6.07, 6.45) is 4.27. The molecule has 0 amide bonds. The van der Waals surface area contributed by atoms with E-state index in [9.17, 15) is 10.1 Å². The van der Waals surface area contributed by atoms with E-state index < -0.39 is 4.92 Å². The maximum absolute atomic E-state index is 10.6. The van der Waals surface area contributed by atoms with Gasteiger partial charge in [-0.2, -0.15) is 0 Å². The van der Waals surface area contributed by atoms with Gasteiger partial charge in [-0.1, -0.05) is 12.8 Å². The minimum atomic E-state index is -0.409. The van der Waals surface area contributed by atoms with E-state index in [4.69, 9.17) is 10.5 Å². The highest BCUT2D eigenvalue weighted by Gasteiger charge is 2.30. The molecule has 0 aliphatic heterocycles. The zero-order valence-corrected chi connectivity index (χ0v) is 12.1. The second-order valence-electron chi connectivity index (χ2n) is 4.73. The van der Waals surface area contributed by atoms with Crippen LogP contribution >= 0.6 is 22.6 Å². The third-order valence-electron chi connectivity index (χ3n) is 3.24. The van der Waals surface area contributed by atoms with Crippen LogP contribution in [0.15, 0.2) is 18.2 Å². The van der Waals surface area contributed by atoms with Gasteiger partial charge in [0.05, 0.1) is 14.0 Å². The Kier molecular flexibility index (Phi) is 4.06. The highest BCUT2D eigenvalue weighted by molar-refractivity contribution is 14.1. The molecule has 1 aliphatic rings. The first-order valence-electron chi connectivity index (χ1n) is 5.86. The fourth-order valence-corrected chi connectivity index (χ4v) is 2.82. The SMILES string of the molecule is NC1(COc2ccc([N+](=O)[O-])cc2I)CCCC1. The van der Waals surface area contributed by atoms with Crippen molar-refractivity contribution in [1.82, 2.24) is 0 Å².